The number of thioether (sulfide) groups is 1. The molecule has 2 aromatic carbocycles. The van der Waals surface area contributed by atoms with E-state index in [1.54, 1.807) is 11.8 Å². The number of hydrogen-bond donors (Lipinski definition) is 1. The number of carbonyl (C=O) groups excluding carboxylic acids is 1. The Labute approximate surface area is 172 Å². The molecule has 0 bridgehead atoms. The summed E-state index contributed by atoms with van der Waals surface area (Å²) in [5.41, 5.74) is 3.52. The van der Waals surface area contributed by atoms with Gasteiger partial charge in [-0.15, -0.1) is 11.8 Å². The van der Waals surface area contributed by atoms with Crippen LogP contribution in [0.25, 0.3) is 0 Å². The first-order chi connectivity index (χ1) is 13.4. The van der Waals surface area contributed by atoms with Gasteiger partial charge in [-0.05, 0) is 40.8 Å². The summed E-state index contributed by atoms with van der Waals surface area (Å²) < 4.78 is 5.40. The highest BCUT2D eigenvalue weighted by atomic mass is 32.2. The Kier molecular flexibility index (Phi) is 7.16. The molecule has 28 heavy (non-hydrogen) atoms. The van der Waals surface area contributed by atoms with Crippen molar-refractivity contribution in [3.63, 3.8) is 0 Å². The van der Waals surface area contributed by atoms with Gasteiger partial charge in [0, 0.05) is 30.2 Å². The molecular formula is C23H30N2O2S. The van der Waals surface area contributed by atoms with Crippen LogP contribution in [-0.4, -0.2) is 42.9 Å². The molecule has 0 radical (unpaired) electrons. The molecule has 4 nitrogen and oxygen atoms in total. The zero-order chi connectivity index (χ0) is 20.0. The second-order valence-corrected chi connectivity index (χ2v) is 9.25. The molecule has 0 saturated carbocycles. The lowest BCUT2D eigenvalue weighted by molar-refractivity contribution is -0.113. The van der Waals surface area contributed by atoms with Gasteiger partial charge in [0.05, 0.1) is 19.0 Å². The van der Waals surface area contributed by atoms with Gasteiger partial charge in [0.25, 0.3) is 0 Å². The highest BCUT2D eigenvalue weighted by Gasteiger charge is 2.14. The summed E-state index contributed by atoms with van der Waals surface area (Å²) in [6.07, 6.45) is 0. The third-order valence-electron chi connectivity index (χ3n) is 4.81. The SMILES string of the molecule is CC(C)(C)c1ccc(SCC(=O)Nc2cccc(CN3CCOCC3)c2)cc1. The number of carbonyl (C=O) groups is 1. The molecular weight excluding hydrogens is 368 g/mol. The van der Waals surface area contributed by atoms with Gasteiger partial charge in [0.15, 0.2) is 0 Å². The second-order valence-electron chi connectivity index (χ2n) is 8.20. The molecule has 150 valence electrons. The fourth-order valence-electron chi connectivity index (χ4n) is 3.16. The number of morpholine rings is 1. The van der Waals surface area contributed by atoms with Crippen LogP contribution in [0.2, 0.25) is 0 Å². The first-order valence-electron chi connectivity index (χ1n) is 9.82. The normalized spacial score (nSPS) is 15.4. The highest BCUT2D eigenvalue weighted by Crippen LogP contribution is 2.25. The molecule has 1 fully saturated rings. The molecule has 1 heterocycles. The zero-order valence-electron chi connectivity index (χ0n) is 17.0. The third kappa shape index (κ3) is 6.36. The third-order valence-corrected chi connectivity index (χ3v) is 5.82. The molecule has 2 aromatic rings. The number of anilines is 1. The van der Waals surface area contributed by atoms with Gasteiger partial charge < -0.3 is 10.1 Å². The number of nitrogens with zero attached hydrogens (tertiary/aromatic N) is 1. The van der Waals surface area contributed by atoms with Crippen molar-refractivity contribution in [2.45, 2.75) is 37.6 Å². The number of hydrogen-bond acceptors (Lipinski definition) is 4. The smallest absolute Gasteiger partial charge is 0.234 e. The largest absolute Gasteiger partial charge is 0.379 e. The fourth-order valence-corrected chi connectivity index (χ4v) is 3.86. The number of benzene rings is 2. The monoisotopic (exact) mass is 398 g/mol. The van der Waals surface area contributed by atoms with Gasteiger partial charge >= 0.3 is 0 Å². The van der Waals surface area contributed by atoms with Crippen molar-refractivity contribution in [3.8, 4) is 0 Å². The van der Waals surface area contributed by atoms with Gasteiger partial charge in [0.1, 0.15) is 0 Å². The molecule has 0 aliphatic carbocycles. The van der Waals surface area contributed by atoms with Crippen LogP contribution < -0.4 is 5.32 Å². The van der Waals surface area contributed by atoms with E-state index in [-0.39, 0.29) is 11.3 Å². The molecule has 1 saturated heterocycles. The van der Waals surface area contributed by atoms with Crippen LogP contribution in [0.5, 0.6) is 0 Å². The van der Waals surface area contributed by atoms with Crippen LogP contribution >= 0.6 is 11.8 Å². The molecule has 1 amide bonds. The molecule has 1 N–H and O–H groups in total. The van der Waals surface area contributed by atoms with Gasteiger partial charge in [-0.3, -0.25) is 9.69 Å². The van der Waals surface area contributed by atoms with Crippen LogP contribution in [0.4, 0.5) is 5.69 Å². The van der Waals surface area contributed by atoms with E-state index >= 15 is 0 Å². The van der Waals surface area contributed by atoms with E-state index in [0.717, 1.165) is 43.4 Å². The Balaban J connectivity index is 1.50. The Morgan fingerprint density at radius 2 is 1.82 bits per heavy atom. The van der Waals surface area contributed by atoms with Gasteiger partial charge in [0.2, 0.25) is 5.91 Å². The molecule has 0 aromatic heterocycles. The maximum Gasteiger partial charge on any atom is 0.234 e. The predicted octanol–water partition coefficient (Wildman–Crippen LogP) is 4.55. The standard InChI is InChI=1S/C23H30N2O2S/c1-23(2,3)19-7-9-21(10-8-19)28-17-22(26)24-20-6-4-5-18(15-20)16-25-11-13-27-14-12-25/h4-10,15H,11-14,16-17H2,1-3H3,(H,24,26). The van der Waals surface area contributed by atoms with Crippen molar-refractivity contribution in [1.29, 1.82) is 0 Å². The number of amides is 1. The molecule has 3 rings (SSSR count). The lowest BCUT2D eigenvalue weighted by Crippen LogP contribution is -2.35. The summed E-state index contributed by atoms with van der Waals surface area (Å²) >= 11 is 1.57. The van der Waals surface area contributed by atoms with Gasteiger partial charge in [-0.25, -0.2) is 0 Å². The van der Waals surface area contributed by atoms with Crippen molar-refractivity contribution >= 4 is 23.4 Å². The van der Waals surface area contributed by atoms with E-state index in [9.17, 15) is 4.79 Å². The van der Waals surface area contributed by atoms with Crippen LogP contribution in [0.15, 0.2) is 53.4 Å². The number of nitrogens with one attached hydrogen (secondary N) is 1. The minimum atomic E-state index is 0.0217. The van der Waals surface area contributed by atoms with E-state index in [1.807, 2.05) is 12.1 Å². The minimum Gasteiger partial charge on any atom is -0.379 e. The fraction of sp³-hybridized carbons (Fsp3) is 0.435. The summed E-state index contributed by atoms with van der Waals surface area (Å²) in [4.78, 5) is 15.8. The molecule has 0 unspecified atom stereocenters. The lowest BCUT2D eigenvalue weighted by atomic mass is 9.87. The van der Waals surface area contributed by atoms with Crippen LogP contribution in [0.3, 0.4) is 0 Å². The van der Waals surface area contributed by atoms with Gasteiger partial charge in [-0.1, -0.05) is 45.0 Å². The lowest BCUT2D eigenvalue weighted by Gasteiger charge is -2.26. The summed E-state index contributed by atoms with van der Waals surface area (Å²) in [7, 11) is 0. The van der Waals surface area contributed by atoms with Gasteiger partial charge in [-0.2, -0.15) is 0 Å². The Hall–Kier alpha value is -1.82. The van der Waals surface area contributed by atoms with Crippen molar-refractivity contribution in [2.75, 3.05) is 37.4 Å². The van der Waals surface area contributed by atoms with Crippen molar-refractivity contribution in [1.82, 2.24) is 4.90 Å². The molecule has 0 spiro atoms. The minimum absolute atomic E-state index is 0.0217. The number of rotatable bonds is 6. The first-order valence-corrected chi connectivity index (χ1v) is 10.8. The quantitative estimate of drug-likeness (QED) is 0.725. The summed E-state index contributed by atoms with van der Waals surface area (Å²) in [5, 5.41) is 3.02. The summed E-state index contributed by atoms with van der Waals surface area (Å²) in [6, 6.07) is 16.6. The Morgan fingerprint density at radius 1 is 1.11 bits per heavy atom. The van der Waals surface area contributed by atoms with Crippen molar-refractivity contribution in [2.24, 2.45) is 0 Å². The summed E-state index contributed by atoms with van der Waals surface area (Å²) in [6.45, 7) is 11.0. The van der Waals surface area contributed by atoms with E-state index in [4.69, 9.17) is 4.74 Å². The predicted molar refractivity (Wildman–Crippen MR) is 117 cm³/mol. The van der Waals surface area contributed by atoms with E-state index in [2.05, 4.69) is 67.4 Å². The van der Waals surface area contributed by atoms with E-state index in [0.29, 0.717) is 5.75 Å². The average Bonchev–Trinajstić information content (AvgIpc) is 2.67. The van der Waals surface area contributed by atoms with E-state index < -0.39 is 0 Å². The van der Waals surface area contributed by atoms with Crippen LogP contribution in [-0.2, 0) is 21.5 Å². The second kappa shape index (κ2) is 9.59. The maximum absolute atomic E-state index is 12.4. The molecule has 5 heteroatoms. The molecule has 1 aliphatic rings. The topological polar surface area (TPSA) is 41.6 Å². The molecule has 1 aliphatic heterocycles. The maximum atomic E-state index is 12.4. The zero-order valence-corrected chi connectivity index (χ0v) is 17.8. The Morgan fingerprint density at radius 3 is 2.50 bits per heavy atom. The van der Waals surface area contributed by atoms with Crippen molar-refractivity contribution in [3.05, 3.63) is 59.7 Å². The number of ether oxygens (including phenoxy) is 1. The first kappa shape index (κ1) is 20.9. The Bertz CT molecular complexity index is 778. The average molecular weight is 399 g/mol. The van der Waals surface area contributed by atoms with Crippen molar-refractivity contribution < 1.29 is 9.53 Å². The summed E-state index contributed by atoms with van der Waals surface area (Å²) in [5.74, 6) is 0.427. The van der Waals surface area contributed by atoms with Crippen LogP contribution in [0, 0.1) is 0 Å². The highest BCUT2D eigenvalue weighted by molar-refractivity contribution is 8.00. The van der Waals surface area contributed by atoms with E-state index in [1.165, 1.54) is 11.1 Å². The molecule has 0 atom stereocenters. The van der Waals surface area contributed by atoms with Crippen LogP contribution in [0.1, 0.15) is 31.9 Å².